The van der Waals surface area contributed by atoms with E-state index in [0.29, 0.717) is 5.02 Å². The first-order chi connectivity index (χ1) is 8.56. The number of ether oxygens (including phenoxy) is 3. The zero-order valence-corrected chi connectivity index (χ0v) is 11.3. The smallest absolute Gasteiger partial charge is 0.177 e. The highest BCUT2D eigenvalue weighted by molar-refractivity contribution is 6.31. The molecule has 0 spiro atoms. The van der Waals surface area contributed by atoms with Crippen LogP contribution in [-0.2, 0) is 14.2 Å². The standard InChI is InChI=1S/C13H18ClNO3/c1-9(18-10(2)15)13(17-8-16-3)11-6-4-5-7-12(11)14/h4-7,9,13H,2,8,15H2,1,3H3/t9-,13-/m0/s1. The number of halogens is 1. The summed E-state index contributed by atoms with van der Waals surface area (Å²) in [5.74, 6) is 0.139. The molecular weight excluding hydrogens is 254 g/mol. The Bertz CT molecular complexity index is 398. The third-order valence-electron chi connectivity index (χ3n) is 2.34. The maximum atomic E-state index is 6.15. The van der Waals surface area contributed by atoms with Crippen molar-refractivity contribution in [3.05, 3.63) is 47.3 Å². The lowest BCUT2D eigenvalue weighted by molar-refractivity contribution is -0.116. The fourth-order valence-corrected chi connectivity index (χ4v) is 1.87. The van der Waals surface area contributed by atoms with Crippen LogP contribution in [0.15, 0.2) is 36.7 Å². The first kappa shape index (κ1) is 14.8. The molecule has 2 N–H and O–H groups in total. The van der Waals surface area contributed by atoms with Gasteiger partial charge in [-0.25, -0.2) is 0 Å². The monoisotopic (exact) mass is 271 g/mol. The first-order valence-corrected chi connectivity index (χ1v) is 5.90. The minimum atomic E-state index is -0.376. The van der Waals surface area contributed by atoms with E-state index >= 15 is 0 Å². The Hall–Kier alpha value is -1.23. The van der Waals surface area contributed by atoms with Gasteiger partial charge in [-0.2, -0.15) is 0 Å². The van der Waals surface area contributed by atoms with Crippen molar-refractivity contribution in [1.82, 2.24) is 0 Å². The van der Waals surface area contributed by atoms with E-state index < -0.39 is 0 Å². The maximum absolute atomic E-state index is 6.15. The van der Waals surface area contributed by atoms with Crippen LogP contribution in [0.5, 0.6) is 0 Å². The van der Waals surface area contributed by atoms with Gasteiger partial charge in [-0.05, 0) is 19.6 Å². The van der Waals surface area contributed by atoms with Crippen LogP contribution < -0.4 is 5.73 Å². The number of nitrogens with two attached hydrogens (primary N) is 1. The Labute approximate surface area is 112 Å². The molecule has 2 atom stereocenters. The summed E-state index contributed by atoms with van der Waals surface area (Å²) >= 11 is 6.15. The minimum absolute atomic E-state index is 0.139. The molecule has 0 fully saturated rings. The molecule has 100 valence electrons. The van der Waals surface area contributed by atoms with Crippen molar-refractivity contribution in [2.75, 3.05) is 13.9 Å². The maximum Gasteiger partial charge on any atom is 0.177 e. The molecule has 0 aromatic heterocycles. The number of rotatable bonds is 7. The van der Waals surface area contributed by atoms with Crippen molar-refractivity contribution >= 4 is 11.6 Å². The van der Waals surface area contributed by atoms with Crippen molar-refractivity contribution in [2.24, 2.45) is 5.73 Å². The van der Waals surface area contributed by atoms with Gasteiger partial charge in [0.25, 0.3) is 0 Å². The van der Waals surface area contributed by atoms with Gasteiger partial charge in [0.2, 0.25) is 0 Å². The first-order valence-electron chi connectivity index (χ1n) is 5.52. The molecule has 0 bridgehead atoms. The Morgan fingerprint density at radius 1 is 1.44 bits per heavy atom. The largest absolute Gasteiger partial charge is 0.474 e. The van der Waals surface area contributed by atoms with Crippen LogP contribution in [0.3, 0.4) is 0 Å². The van der Waals surface area contributed by atoms with E-state index in [-0.39, 0.29) is 24.9 Å². The lowest BCUT2D eigenvalue weighted by Gasteiger charge is -2.25. The Morgan fingerprint density at radius 3 is 2.67 bits per heavy atom. The van der Waals surface area contributed by atoms with Crippen molar-refractivity contribution < 1.29 is 14.2 Å². The number of hydrogen-bond acceptors (Lipinski definition) is 4. The summed E-state index contributed by atoms with van der Waals surface area (Å²) in [6.45, 7) is 5.48. The van der Waals surface area contributed by atoms with Gasteiger partial charge < -0.3 is 19.9 Å². The fraction of sp³-hybridized carbons (Fsp3) is 0.385. The van der Waals surface area contributed by atoms with Crippen LogP contribution in [0.4, 0.5) is 0 Å². The topological polar surface area (TPSA) is 53.7 Å². The minimum Gasteiger partial charge on any atom is -0.474 e. The van der Waals surface area contributed by atoms with Crippen LogP contribution in [0.25, 0.3) is 0 Å². The van der Waals surface area contributed by atoms with Crippen molar-refractivity contribution in [3.8, 4) is 0 Å². The molecule has 5 heteroatoms. The second kappa shape index (κ2) is 7.26. The van der Waals surface area contributed by atoms with Crippen LogP contribution in [-0.4, -0.2) is 20.0 Å². The van der Waals surface area contributed by atoms with Gasteiger partial charge in [-0.1, -0.05) is 29.8 Å². The van der Waals surface area contributed by atoms with Gasteiger partial charge in [-0.15, -0.1) is 0 Å². The van der Waals surface area contributed by atoms with Gasteiger partial charge in [0.15, 0.2) is 5.88 Å². The molecule has 0 aliphatic rings. The normalized spacial score (nSPS) is 13.9. The van der Waals surface area contributed by atoms with Crippen LogP contribution in [0.1, 0.15) is 18.6 Å². The molecule has 0 heterocycles. The second-order valence-corrected chi connectivity index (χ2v) is 4.21. The Morgan fingerprint density at radius 2 is 2.11 bits per heavy atom. The molecule has 1 rings (SSSR count). The Balaban J connectivity index is 2.90. The SMILES string of the molecule is C=C(N)O[C@@H](C)[C@H](OCOC)c1ccccc1Cl. The summed E-state index contributed by atoms with van der Waals surface area (Å²) < 4.78 is 15.9. The number of hydrogen-bond donors (Lipinski definition) is 1. The van der Waals surface area contributed by atoms with E-state index in [1.807, 2.05) is 25.1 Å². The molecular formula is C13H18ClNO3. The predicted octanol–water partition coefficient (Wildman–Crippen LogP) is 2.84. The van der Waals surface area contributed by atoms with E-state index in [1.54, 1.807) is 13.2 Å². The van der Waals surface area contributed by atoms with E-state index in [4.69, 9.17) is 31.5 Å². The lowest BCUT2D eigenvalue weighted by Crippen LogP contribution is -2.24. The van der Waals surface area contributed by atoms with Crippen LogP contribution in [0.2, 0.25) is 5.02 Å². The van der Waals surface area contributed by atoms with Crippen molar-refractivity contribution in [1.29, 1.82) is 0 Å². The number of benzene rings is 1. The summed E-state index contributed by atoms with van der Waals surface area (Å²) in [5, 5.41) is 0.608. The molecule has 0 amide bonds. The van der Waals surface area contributed by atoms with E-state index in [1.165, 1.54) is 0 Å². The van der Waals surface area contributed by atoms with Gasteiger partial charge in [-0.3, -0.25) is 0 Å². The molecule has 0 aliphatic heterocycles. The van der Waals surface area contributed by atoms with Gasteiger partial charge >= 0.3 is 0 Å². The molecule has 0 unspecified atom stereocenters. The van der Waals surface area contributed by atoms with E-state index in [9.17, 15) is 0 Å². The zero-order chi connectivity index (χ0) is 13.5. The third kappa shape index (κ3) is 4.22. The van der Waals surface area contributed by atoms with Gasteiger partial charge in [0.05, 0.1) is 0 Å². The molecule has 0 saturated carbocycles. The average Bonchev–Trinajstić information content (AvgIpc) is 2.31. The highest BCUT2D eigenvalue weighted by Crippen LogP contribution is 2.29. The lowest BCUT2D eigenvalue weighted by atomic mass is 10.1. The summed E-state index contributed by atoms with van der Waals surface area (Å²) in [6, 6.07) is 7.41. The second-order valence-electron chi connectivity index (χ2n) is 3.80. The van der Waals surface area contributed by atoms with E-state index in [2.05, 4.69) is 6.58 Å². The third-order valence-corrected chi connectivity index (χ3v) is 2.69. The predicted molar refractivity (Wildman–Crippen MR) is 71.0 cm³/mol. The number of methoxy groups -OCH3 is 1. The summed E-state index contributed by atoms with van der Waals surface area (Å²) in [7, 11) is 1.55. The highest BCUT2D eigenvalue weighted by atomic mass is 35.5. The molecule has 18 heavy (non-hydrogen) atoms. The van der Waals surface area contributed by atoms with Crippen LogP contribution in [0, 0.1) is 0 Å². The zero-order valence-electron chi connectivity index (χ0n) is 10.6. The molecule has 1 aromatic carbocycles. The average molecular weight is 272 g/mol. The van der Waals surface area contributed by atoms with Crippen LogP contribution >= 0.6 is 11.6 Å². The summed E-state index contributed by atoms with van der Waals surface area (Å²) in [6.07, 6.45) is -0.698. The fourth-order valence-electron chi connectivity index (χ4n) is 1.63. The van der Waals surface area contributed by atoms with Gasteiger partial charge in [0, 0.05) is 17.7 Å². The van der Waals surface area contributed by atoms with Crippen molar-refractivity contribution in [3.63, 3.8) is 0 Å². The molecule has 0 aliphatic carbocycles. The summed E-state index contributed by atoms with van der Waals surface area (Å²) in [5.41, 5.74) is 6.26. The summed E-state index contributed by atoms with van der Waals surface area (Å²) in [4.78, 5) is 0. The highest BCUT2D eigenvalue weighted by Gasteiger charge is 2.23. The van der Waals surface area contributed by atoms with E-state index in [0.717, 1.165) is 5.56 Å². The quantitative estimate of drug-likeness (QED) is 0.612. The molecule has 0 radical (unpaired) electrons. The molecule has 1 aromatic rings. The molecule has 4 nitrogen and oxygen atoms in total. The molecule has 0 saturated heterocycles. The van der Waals surface area contributed by atoms with Crippen molar-refractivity contribution in [2.45, 2.75) is 19.1 Å². The van der Waals surface area contributed by atoms with Gasteiger partial charge in [0.1, 0.15) is 19.0 Å². The Kier molecular flexibility index (Phi) is 5.98.